The molecule has 0 atom stereocenters. The molecule has 3 aromatic heterocycles. The molecule has 1 aliphatic rings. The van der Waals surface area contributed by atoms with Gasteiger partial charge in [0, 0.05) is 25.5 Å². The molecule has 118 valence electrons. The smallest absolute Gasteiger partial charge is 0.268 e. The zero-order chi connectivity index (χ0) is 15.6. The summed E-state index contributed by atoms with van der Waals surface area (Å²) in [6, 6.07) is 8.00. The van der Waals surface area contributed by atoms with Crippen molar-refractivity contribution in [3.05, 3.63) is 53.3 Å². The van der Waals surface area contributed by atoms with E-state index in [2.05, 4.69) is 26.3 Å². The highest BCUT2D eigenvalue weighted by atomic mass is 32.1. The van der Waals surface area contributed by atoms with Crippen LogP contribution >= 0.6 is 11.3 Å². The summed E-state index contributed by atoms with van der Waals surface area (Å²) in [6.45, 7) is 1.49. The molecule has 0 unspecified atom stereocenters. The van der Waals surface area contributed by atoms with Crippen LogP contribution in [-0.2, 0) is 13.1 Å². The molecule has 4 nitrogen and oxygen atoms in total. The molecule has 0 aromatic carbocycles. The predicted molar refractivity (Wildman–Crippen MR) is 92.6 cm³/mol. The summed E-state index contributed by atoms with van der Waals surface area (Å²) < 4.78 is 3.40. The van der Waals surface area contributed by atoms with E-state index in [1.807, 2.05) is 18.2 Å². The molecule has 0 bridgehead atoms. The van der Waals surface area contributed by atoms with E-state index in [-0.39, 0.29) is 5.91 Å². The largest absolute Gasteiger partial charge is 0.347 e. The highest BCUT2D eigenvalue weighted by Gasteiger charge is 2.22. The van der Waals surface area contributed by atoms with E-state index in [0.717, 1.165) is 23.7 Å². The minimum absolute atomic E-state index is 0.00420. The van der Waals surface area contributed by atoms with Crippen molar-refractivity contribution in [2.75, 3.05) is 0 Å². The number of thiophene rings is 1. The number of nitrogens with one attached hydrogen (secondary N) is 1. The van der Waals surface area contributed by atoms with Gasteiger partial charge in [-0.15, -0.1) is 11.3 Å². The second-order valence-corrected chi connectivity index (χ2v) is 7.09. The van der Waals surface area contributed by atoms with Crippen LogP contribution in [0, 0.1) is 5.92 Å². The molecule has 4 rings (SSSR count). The third kappa shape index (κ3) is 2.88. The second-order valence-electron chi connectivity index (χ2n) is 6.15. The first-order valence-corrected chi connectivity index (χ1v) is 8.93. The van der Waals surface area contributed by atoms with Crippen LogP contribution in [0.1, 0.15) is 35.3 Å². The molecule has 1 N–H and O–H groups in total. The lowest BCUT2D eigenvalue weighted by atomic mass is 9.85. The van der Waals surface area contributed by atoms with Crippen molar-refractivity contribution >= 4 is 27.5 Å². The lowest BCUT2D eigenvalue weighted by molar-refractivity contribution is 0.0939. The van der Waals surface area contributed by atoms with E-state index in [1.54, 1.807) is 23.7 Å². The van der Waals surface area contributed by atoms with Gasteiger partial charge in [-0.2, -0.15) is 0 Å². The molecule has 23 heavy (non-hydrogen) atoms. The molecule has 1 amide bonds. The van der Waals surface area contributed by atoms with Crippen molar-refractivity contribution in [2.45, 2.75) is 32.4 Å². The predicted octanol–water partition coefficient (Wildman–Crippen LogP) is 3.83. The monoisotopic (exact) mass is 325 g/mol. The van der Waals surface area contributed by atoms with Gasteiger partial charge in [-0.25, -0.2) is 0 Å². The van der Waals surface area contributed by atoms with E-state index >= 15 is 0 Å². The fourth-order valence-corrected chi connectivity index (χ4v) is 3.89. The summed E-state index contributed by atoms with van der Waals surface area (Å²) in [5.41, 5.74) is 3.04. The minimum atomic E-state index is 0.00420. The zero-order valence-electron chi connectivity index (χ0n) is 12.9. The Morgan fingerprint density at radius 1 is 1.30 bits per heavy atom. The highest BCUT2D eigenvalue weighted by Crippen LogP contribution is 2.32. The number of carbonyl (C=O) groups is 1. The normalized spacial score (nSPS) is 14.8. The van der Waals surface area contributed by atoms with Crippen LogP contribution in [0.15, 0.2) is 42.0 Å². The van der Waals surface area contributed by atoms with Gasteiger partial charge in [0.15, 0.2) is 0 Å². The number of rotatable bonds is 5. The summed E-state index contributed by atoms with van der Waals surface area (Å²) in [4.78, 5) is 16.7. The van der Waals surface area contributed by atoms with E-state index in [0.29, 0.717) is 6.54 Å². The molecular formula is C18H19N3OS. The first-order chi connectivity index (χ1) is 11.3. The number of fused-ring (bicyclic) bond motifs is 1. The van der Waals surface area contributed by atoms with Gasteiger partial charge in [-0.3, -0.25) is 9.78 Å². The average Bonchev–Trinajstić information content (AvgIpc) is 3.11. The van der Waals surface area contributed by atoms with E-state index in [9.17, 15) is 4.79 Å². The molecule has 5 heteroatoms. The number of hydrogen-bond acceptors (Lipinski definition) is 3. The van der Waals surface area contributed by atoms with Gasteiger partial charge in [-0.1, -0.05) is 6.42 Å². The lowest BCUT2D eigenvalue weighted by Crippen LogP contribution is -2.27. The van der Waals surface area contributed by atoms with Crippen LogP contribution in [0.4, 0.5) is 0 Å². The number of pyridine rings is 1. The average molecular weight is 325 g/mol. The number of amides is 1. The third-order valence-electron chi connectivity index (χ3n) is 4.62. The zero-order valence-corrected chi connectivity index (χ0v) is 13.7. The van der Waals surface area contributed by atoms with Gasteiger partial charge >= 0.3 is 0 Å². The molecule has 0 spiro atoms. The topological polar surface area (TPSA) is 46.9 Å². The van der Waals surface area contributed by atoms with Crippen LogP contribution in [0.25, 0.3) is 10.2 Å². The van der Waals surface area contributed by atoms with Crippen molar-refractivity contribution < 1.29 is 4.79 Å². The van der Waals surface area contributed by atoms with E-state index in [4.69, 9.17) is 0 Å². The first kappa shape index (κ1) is 14.5. The Morgan fingerprint density at radius 3 is 2.87 bits per heavy atom. The first-order valence-electron chi connectivity index (χ1n) is 8.05. The van der Waals surface area contributed by atoms with Crippen molar-refractivity contribution in [3.8, 4) is 0 Å². The standard InChI is InChI=1S/C18H19N3OS/c22-18(20-11-13-4-7-19-8-5-13)16-10-17-15(6-9-23-17)21(16)12-14-2-1-3-14/h4-10,14H,1-3,11-12H2,(H,20,22). The molecule has 0 saturated heterocycles. The van der Waals surface area contributed by atoms with Crippen molar-refractivity contribution in [2.24, 2.45) is 5.92 Å². The lowest BCUT2D eigenvalue weighted by Gasteiger charge is -2.26. The molecule has 1 aliphatic carbocycles. The van der Waals surface area contributed by atoms with Crippen LogP contribution in [-0.4, -0.2) is 15.5 Å². The van der Waals surface area contributed by atoms with E-state index < -0.39 is 0 Å². The van der Waals surface area contributed by atoms with Gasteiger partial charge in [0.05, 0.1) is 10.2 Å². The Bertz CT molecular complexity index is 817. The molecule has 1 fully saturated rings. The Morgan fingerprint density at radius 2 is 2.13 bits per heavy atom. The summed E-state index contributed by atoms with van der Waals surface area (Å²) >= 11 is 1.70. The number of hydrogen-bond donors (Lipinski definition) is 1. The fraction of sp³-hybridized carbons (Fsp3) is 0.333. The summed E-state index contributed by atoms with van der Waals surface area (Å²) in [5, 5.41) is 5.13. The molecule has 3 heterocycles. The molecule has 1 saturated carbocycles. The van der Waals surface area contributed by atoms with Crippen molar-refractivity contribution in [1.82, 2.24) is 14.9 Å². The molecule has 3 aromatic rings. The quantitative estimate of drug-likeness (QED) is 0.775. The van der Waals surface area contributed by atoms with Crippen LogP contribution < -0.4 is 5.32 Å². The fourth-order valence-electron chi connectivity index (χ4n) is 3.07. The minimum Gasteiger partial charge on any atom is -0.347 e. The van der Waals surface area contributed by atoms with Gasteiger partial charge < -0.3 is 9.88 Å². The molecular weight excluding hydrogens is 306 g/mol. The van der Waals surface area contributed by atoms with Gasteiger partial charge in [0.2, 0.25) is 0 Å². The Kier molecular flexibility index (Phi) is 3.87. The van der Waals surface area contributed by atoms with Crippen LogP contribution in [0.2, 0.25) is 0 Å². The van der Waals surface area contributed by atoms with Gasteiger partial charge in [-0.05, 0) is 54.0 Å². The summed E-state index contributed by atoms with van der Waals surface area (Å²) in [7, 11) is 0. The Labute approximate surface area is 139 Å². The number of nitrogens with zero attached hydrogens (tertiary/aromatic N) is 2. The maximum Gasteiger partial charge on any atom is 0.268 e. The molecule has 0 aliphatic heterocycles. The summed E-state index contributed by atoms with van der Waals surface area (Å²) in [6.07, 6.45) is 7.37. The summed E-state index contributed by atoms with van der Waals surface area (Å²) in [5.74, 6) is 0.724. The van der Waals surface area contributed by atoms with Crippen molar-refractivity contribution in [1.29, 1.82) is 0 Å². The Balaban J connectivity index is 1.55. The number of aromatic nitrogens is 2. The Hall–Kier alpha value is -2.14. The van der Waals surface area contributed by atoms with Crippen LogP contribution in [0.5, 0.6) is 0 Å². The maximum atomic E-state index is 12.7. The van der Waals surface area contributed by atoms with Gasteiger partial charge in [0.25, 0.3) is 5.91 Å². The van der Waals surface area contributed by atoms with Gasteiger partial charge in [0.1, 0.15) is 5.69 Å². The SMILES string of the molecule is O=C(NCc1ccncc1)c1cc2sccc2n1CC1CCC1. The van der Waals surface area contributed by atoms with Crippen molar-refractivity contribution in [3.63, 3.8) is 0 Å². The second kappa shape index (κ2) is 6.16. The molecule has 0 radical (unpaired) electrons. The number of carbonyl (C=O) groups excluding carboxylic acids is 1. The highest BCUT2D eigenvalue weighted by molar-refractivity contribution is 7.17. The van der Waals surface area contributed by atoms with Crippen LogP contribution in [0.3, 0.4) is 0 Å². The van der Waals surface area contributed by atoms with E-state index in [1.165, 1.54) is 29.5 Å². The maximum absolute atomic E-state index is 12.7. The third-order valence-corrected chi connectivity index (χ3v) is 5.48.